The Morgan fingerprint density at radius 2 is 2.06 bits per heavy atom. The van der Waals surface area contributed by atoms with Crippen LogP contribution in [-0.4, -0.2) is 21.2 Å². The van der Waals surface area contributed by atoms with Crippen molar-refractivity contribution < 1.29 is 4.52 Å². The largest absolute Gasteiger partial charge is 0.367 e. The molecule has 1 aliphatic rings. The predicted molar refractivity (Wildman–Crippen MR) is 60.1 cm³/mol. The maximum atomic E-state index is 5.01. The van der Waals surface area contributed by atoms with Gasteiger partial charge in [0.1, 0.15) is 17.5 Å². The van der Waals surface area contributed by atoms with E-state index in [9.17, 15) is 0 Å². The molecule has 0 bridgehead atoms. The molecule has 1 aliphatic carbocycles. The second-order valence-corrected chi connectivity index (χ2v) is 4.25. The Morgan fingerprint density at radius 3 is 2.94 bits per heavy atom. The van der Waals surface area contributed by atoms with Crippen LogP contribution >= 0.6 is 0 Å². The molecule has 0 amide bonds. The zero-order chi connectivity index (χ0) is 10.8. The smallest absolute Gasteiger partial charge is 0.262 e. The van der Waals surface area contributed by atoms with Crippen molar-refractivity contribution in [3.05, 3.63) is 12.5 Å². The van der Waals surface area contributed by atoms with Gasteiger partial charge in [-0.1, -0.05) is 24.4 Å². The summed E-state index contributed by atoms with van der Waals surface area (Å²) in [6.07, 6.45) is 9.57. The van der Waals surface area contributed by atoms with Crippen molar-refractivity contribution in [1.29, 1.82) is 0 Å². The van der Waals surface area contributed by atoms with Crippen LogP contribution < -0.4 is 5.32 Å². The highest BCUT2D eigenvalue weighted by atomic mass is 16.5. The van der Waals surface area contributed by atoms with Crippen molar-refractivity contribution in [2.24, 2.45) is 0 Å². The molecule has 84 valence electrons. The van der Waals surface area contributed by atoms with E-state index in [2.05, 4.69) is 20.4 Å². The van der Waals surface area contributed by atoms with Gasteiger partial charge in [-0.2, -0.15) is 4.98 Å². The molecule has 0 aliphatic heterocycles. The number of fused-ring (bicyclic) bond motifs is 1. The third-order valence-corrected chi connectivity index (χ3v) is 3.11. The molecule has 2 heterocycles. The Labute approximate surface area is 93.3 Å². The van der Waals surface area contributed by atoms with Crippen LogP contribution in [0.2, 0.25) is 0 Å². The van der Waals surface area contributed by atoms with E-state index in [-0.39, 0.29) is 0 Å². The molecule has 0 atom stereocenters. The first-order chi connectivity index (χ1) is 7.93. The lowest BCUT2D eigenvalue weighted by Gasteiger charge is -2.23. The summed E-state index contributed by atoms with van der Waals surface area (Å²) in [5.74, 6) is 0.846. The number of aromatic nitrogens is 3. The molecule has 0 radical (unpaired) electrons. The standard InChI is InChI=1S/C11H14N4O/c1-2-4-8(5-3-1)15-10-9-6-14-16-11(9)13-7-12-10/h6-8H,1-5H2,(H,12,13,15). The molecule has 0 unspecified atom stereocenters. The average Bonchev–Trinajstić information content (AvgIpc) is 2.80. The molecular weight excluding hydrogens is 204 g/mol. The molecule has 5 nitrogen and oxygen atoms in total. The summed E-state index contributed by atoms with van der Waals surface area (Å²) < 4.78 is 5.01. The van der Waals surface area contributed by atoms with Gasteiger partial charge in [-0.15, -0.1) is 0 Å². The molecule has 0 saturated heterocycles. The summed E-state index contributed by atoms with van der Waals surface area (Å²) in [5.41, 5.74) is 0.549. The first-order valence-electron chi connectivity index (χ1n) is 5.75. The van der Waals surface area contributed by atoms with Crippen molar-refractivity contribution >= 4 is 16.9 Å². The van der Waals surface area contributed by atoms with Crippen molar-refractivity contribution in [3.63, 3.8) is 0 Å². The highest BCUT2D eigenvalue weighted by Gasteiger charge is 2.15. The van der Waals surface area contributed by atoms with Crippen LogP contribution in [-0.2, 0) is 0 Å². The van der Waals surface area contributed by atoms with Crippen LogP contribution in [0, 0.1) is 0 Å². The zero-order valence-corrected chi connectivity index (χ0v) is 9.02. The van der Waals surface area contributed by atoms with E-state index in [0.717, 1.165) is 11.2 Å². The maximum Gasteiger partial charge on any atom is 0.262 e. The Kier molecular flexibility index (Phi) is 2.44. The highest BCUT2D eigenvalue weighted by Crippen LogP contribution is 2.24. The molecule has 1 fully saturated rings. The fourth-order valence-corrected chi connectivity index (χ4v) is 2.25. The minimum Gasteiger partial charge on any atom is -0.367 e. The Bertz CT molecular complexity index is 476. The first-order valence-corrected chi connectivity index (χ1v) is 5.75. The zero-order valence-electron chi connectivity index (χ0n) is 9.02. The van der Waals surface area contributed by atoms with Gasteiger partial charge in [-0.05, 0) is 12.8 Å². The Hall–Kier alpha value is -1.65. The van der Waals surface area contributed by atoms with Crippen LogP contribution in [0.1, 0.15) is 32.1 Å². The first kappa shape index (κ1) is 9.57. The van der Waals surface area contributed by atoms with Gasteiger partial charge in [0, 0.05) is 6.04 Å². The van der Waals surface area contributed by atoms with Crippen molar-refractivity contribution in [2.45, 2.75) is 38.1 Å². The van der Waals surface area contributed by atoms with Gasteiger partial charge in [-0.3, -0.25) is 0 Å². The minimum absolute atomic E-state index is 0.529. The van der Waals surface area contributed by atoms with E-state index in [0.29, 0.717) is 11.8 Å². The van der Waals surface area contributed by atoms with E-state index in [1.807, 2.05) is 0 Å². The number of rotatable bonds is 2. The van der Waals surface area contributed by atoms with E-state index >= 15 is 0 Å². The number of nitrogens with one attached hydrogen (secondary N) is 1. The van der Waals surface area contributed by atoms with Gasteiger partial charge >= 0.3 is 0 Å². The second kappa shape index (κ2) is 4.08. The number of anilines is 1. The van der Waals surface area contributed by atoms with E-state index in [4.69, 9.17) is 4.52 Å². The number of hydrogen-bond acceptors (Lipinski definition) is 5. The Morgan fingerprint density at radius 1 is 1.19 bits per heavy atom. The van der Waals surface area contributed by atoms with E-state index in [1.165, 1.54) is 38.4 Å². The lowest BCUT2D eigenvalue weighted by Crippen LogP contribution is -2.22. The Balaban J connectivity index is 1.85. The van der Waals surface area contributed by atoms with Crippen molar-refractivity contribution in [2.75, 3.05) is 5.32 Å². The van der Waals surface area contributed by atoms with Crippen LogP contribution in [0.25, 0.3) is 11.1 Å². The maximum absolute atomic E-state index is 5.01. The predicted octanol–water partition coefficient (Wildman–Crippen LogP) is 2.36. The summed E-state index contributed by atoms with van der Waals surface area (Å²) >= 11 is 0. The van der Waals surface area contributed by atoms with Gasteiger partial charge in [0.05, 0.1) is 6.20 Å². The molecule has 2 aromatic heterocycles. The lowest BCUT2D eigenvalue weighted by molar-refractivity contribution is 0.448. The van der Waals surface area contributed by atoms with Gasteiger partial charge in [0.15, 0.2) is 0 Å². The summed E-state index contributed by atoms with van der Waals surface area (Å²) in [4.78, 5) is 8.27. The summed E-state index contributed by atoms with van der Waals surface area (Å²) in [6.45, 7) is 0. The van der Waals surface area contributed by atoms with Crippen molar-refractivity contribution in [3.8, 4) is 0 Å². The molecular formula is C11H14N4O. The van der Waals surface area contributed by atoms with Gasteiger partial charge in [-0.25, -0.2) is 4.98 Å². The van der Waals surface area contributed by atoms with Crippen molar-refractivity contribution in [1.82, 2.24) is 15.1 Å². The minimum atomic E-state index is 0.529. The second-order valence-electron chi connectivity index (χ2n) is 4.25. The summed E-state index contributed by atoms with van der Waals surface area (Å²) in [7, 11) is 0. The van der Waals surface area contributed by atoms with Crippen LogP contribution in [0.15, 0.2) is 17.0 Å². The lowest BCUT2D eigenvalue weighted by atomic mass is 9.95. The average molecular weight is 218 g/mol. The molecule has 0 aromatic carbocycles. The monoisotopic (exact) mass is 218 g/mol. The van der Waals surface area contributed by atoms with Gasteiger partial charge in [0.2, 0.25) is 0 Å². The summed E-state index contributed by atoms with van der Waals surface area (Å²) in [5, 5.41) is 8.06. The molecule has 1 N–H and O–H groups in total. The molecule has 3 rings (SSSR count). The molecule has 16 heavy (non-hydrogen) atoms. The fourth-order valence-electron chi connectivity index (χ4n) is 2.25. The molecule has 5 heteroatoms. The van der Waals surface area contributed by atoms with E-state index in [1.54, 1.807) is 6.20 Å². The fraction of sp³-hybridized carbons (Fsp3) is 0.545. The SMILES string of the molecule is c1nc(NC2CCCCC2)c2cnoc2n1. The topological polar surface area (TPSA) is 63.8 Å². The van der Waals surface area contributed by atoms with E-state index < -0.39 is 0 Å². The third-order valence-electron chi connectivity index (χ3n) is 3.11. The summed E-state index contributed by atoms with van der Waals surface area (Å²) in [6, 6.07) is 0.529. The number of hydrogen-bond donors (Lipinski definition) is 1. The third kappa shape index (κ3) is 1.73. The molecule has 2 aromatic rings. The van der Waals surface area contributed by atoms with Crippen LogP contribution in [0.3, 0.4) is 0 Å². The molecule has 1 saturated carbocycles. The normalized spacial score (nSPS) is 17.8. The quantitative estimate of drug-likeness (QED) is 0.838. The molecule has 0 spiro atoms. The van der Waals surface area contributed by atoms with Gasteiger partial charge < -0.3 is 9.84 Å². The van der Waals surface area contributed by atoms with Crippen LogP contribution in [0.4, 0.5) is 5.82 Å². The van der Waals surface area contributed by atoms with Gasteiger partial charge in [0.25, 0.3) is 5.71 Å². The van der Waals surface area contributed by atoms with Crippen LogP contribution in [0.5, 0.6) is 0 Å². The highest BCUT2D eigenvalue weighted by molar-refractivity contribution is 5.84. The number of nitrogens with zero attached hydrogens (tertiary/aromatic N) is 3.